The molecule has 0 bridgehead atoms. The minimum atomic E-state index is 0.0994. The third-order valence-corrected chi connectivity index (χ3v) is 5.94. The number of piperazine rings is 1. The van der Waals surface area contributed by atoms with Gasteiger partial charge in [-0.1, -0.05) is 30.7 Å². The first-order valence-corrected chi connectivity index (χ1v) is 9.29. The van der Waals surface area contributed by atoms with Gasteiger partial charge in [-0.25, -0.2) is 0 Å². The third-order valence-electron chi connectivity index (χ3n) is 5.94. The van der Waals surface area contributed by atoms with Crippen molar-refractivity contribution in [2.24, 2.45) is 17.3 Å². The van der Waals surface area contributed by atoms with Crippen molar-refractivity contribution in [2.75, 3.05) is 26.2 Å². The van der Waals surface area contributed by atoms with Gasteiger partial charge in [-0.3, -0.25) is 9.69 Å². The van der Waals surface area contributed by atoms with Crippen LogP contribution in [0.15, 0.2) is 16.2 Å². The van der Waals surface area contributed by atoms with Gasteiger partial charge in [0.05, 0.1) is 11.6 Å². The molecule has 1 saturated heterocycles. The monoisotopic (exact) mass is 345 g/mol. The number of aryl methyl sites for hydroxylation is 2. The van der Waals surface area contributed by atoms with E-state index in [1.807, 2.05) is 13.8 Å². The van der Waals surface area contributed by atoms with Gasteiger partial charge in [0.1, 0.15) is 5.76 Å². The van der Waals surface area contributed by atoms with E-state index in [0.717, 1.165) is 44.2 Å². The zero-order valence-corrected chi connectivity index (χ0v) is 16.4. The van der Waals surface area contributed by atoms with Crippen LogP contribution in [-0.2, 0) is 11.3 Å². The molecule has 1 amide bonds. The summed E-state index contributed by atoms with van der Waals surface area (Å²) in [6, 6.07) is 0. The summed E-state index contributed by atoms with van der Waals surface area (Å²) in [4.78, 5) is 17.4. The molecule has 1 aromatic heterocycles. The second kappa shape index (κ2) is 6.60. The van der Waals surface area contributed by atoms with Gasteiger partial charge in [0.15, 0.2) is 0 Å². The summed E-state index contributed by atoms with van der Waals surface area (Å²) in [5.74, 6) is 1.78. The highest BCUT2D eigenvalue weighted by Gasteiger charge is 2.61. The highest BCUT2D eigenvalue weighted by Crippen LogP contribution is 2.60. The van der Waals surface area contributed by atoms with Crippen LogP contribution in [0.25, 0.3) is 0 Å². The molecule has 1 aliphatic heterocycles. The van der Waals surface area contributed by atoms with Crippen LogP contribution in [0.2, 0.25) is 0 Å². The molecule has 0 spiro atoms. The van der Waals surface area contributed by atoms with Crippen molar-refractivity contribution in [1.82, 2.24) is 15.0 Å². The Morgan fingerprint density at radius 3 is 2.40 bits per heavy atom. The zero-order valence-electron chi connectivity index (χ0n) is 16.4. The predicted octanol–water partition coefficient (Wildman–Crippen LogP) is 3.17. The number of hydrogen-bond donors (Lipinski definition) is 0. The highest BCUT2D eigenvalue weighted by atomic mass is 16.5. The van der Waals surface area contributed by atoms with Gasteiger partial charge in [-0.05, 0) is 39.0 Å². The second-order valence-electron chi connectivity index (χ2n) is 8.47. The minimum absolute atomic E-state index is 0.0994. The van der Waals surface area contributed by atoms with Crippen LogP contribution in [0.5, 0.6) is 0 Å². The fraction of sp³-hybridized carbons (Fsp3) is 0.700. The Kier molecular flexibility index (Phi) is 4.80. The van der Waals surface area contributed by atoms with Gasteiger partial charge >= 0.3 is 0 Å². The van der Waals surface area contributed by atoms with Crippen LogP contribution in [0.3, 0.4) is 0 Å². The lowest BCUT2D eigenvalue weighted by Gasteiger charge is -2.35. The van der Waals surface area contributed by atoms with Crippen LogP contribution in [0.4, 0.5) is 0 Å². The lowest BCUT2D eigenvalue weighted by atomic mass is 10.1. The standard InChI is InChI=1S/C20H31N3O2/c1-13(2)11-17-18(20(17,5)6)19(24)23-9-7-22(8-10-23)12-16-14(3)21-25-15(16)4/h11,17-18H,7-10,12H2,1-6H3/t17-,18+/m1/s1. The number of hydrogen-bond acceptors (Lipinski definition) is 4. The Bertz CT molecular complexity index is 658. The molecular weight excluding hydrogens is 314 g/mol. The van der Waals surface area contributed by atoms with Crippen LogP contribution in [0, 0.1) is 31.1 Å². The zero-order chi connectivity index (χ0) is 18.4. The molecule has 1 saturated carbocycles. The maximum atomic E-state index is 13.0. The third kappa shape index (κ3) is 3.52. The summed E-state index contributed by atoms with van der Waals surface area (Å²) in [5, 5.41) is 4.03. The Morgan fingerprint density at radius 1 is 1.24 bits per heavy atom. The fourth-order valence-corrected chi connectivity index (χ4v) is 4.09. The Morgan fingerprint density at radius 2 is 1.88 bits per heavy atom. The van der Waals surface area contributed by atoms with E-state index >= 15 is 0 Å². The van der Waals surface area contributed by atoms with E-state index in [9.17, 15) is 4.79 Å². The molecular formula is C20H31N3O2. The van der Waals surface area contributed by atoms with Gasteiger partial charge in [0, 0.05) is 38.3 Å². The van der Waals surface area contributed by atoms with E-state index in [2.05, 4.69) is 48.7 Å². The normalized spacial score (nSPS) is 25.8. The highest BCUT2D eigenvalue weighted by molar-refractivity contribution is 5.84. The lowest BCUT2D eigenvalue weighted by molar-refractivity contribution is -0.135. The molecule has 0 unspecified atom stereocenters. The number of aromatic nitrogens is 1. The Balaban J connectivity index is 1.56. The van der Waals surface area contributed by atoms with Crippen molar-refractivity contribution in [3.63, 3.8) is 0 Å². The van der Waals surface area contributed by atoms with Crippen LogP contribution >= 0.6 is 0 Å². The van der Waals surface area contributed by atoms with Gasteiger partial charge < -0.3 is 9.42 Å². The van der Waals surface area contributed by atoms with Crippen molar-refractivity contribution in [1.29, 1.82) is 0 Å². The average molecular weight is 345 g/mol. The van der Waals surface area contributed by atoms with Crippen molar-refractivity contribution in [3.8, 4) is 0 Å². The molecule has 138 valence electrons. The largest absolute Gasteiger partial charge is 0.361 e. The summed E-state index contributed by atoms with van der Waals surface area (Å²) >= 11 is 0. The first-order chi connectivity index (χ1) is 11.7. The summed E-state index contributed by atoms with van der Waals surface area (Å²) in [6.45, 7) is 16.9. The topological polar surface area (TPSA) is 49.6 Å². The first-order valence-electron chi connectivity index (χ1n) is 9.29. The van der Waals surface area contributed by atoms with Crippen molar-refractivity contribution in [2.45, 2.75) is 48.1 Å². The number of carbonyl (C=O) groups is 1. The number of rotatable bonds is 4. The van der Waals surface area contributed by atoms with Crippen molar-refractivity contribution < 1.29 is 9.32 Å². The molecule has 3 rings (SSSR count). The molecule has 0 N–H and O–H groups in total. The number of amides is 1. The Labute approximate surface area is 151 Å². The van der Waals surface area contributed by atoms with Crippen molar-refractivity contribution >= 4 is 5.91 Å². The summed E-state index contributed by atoms with van der Waals surface area (Å²) < 4.78 is 5.26. The first kappa shape index (κ1) is 18.2. The maximum Gasteiger partial charge on any atom is 0.226 e. The molecule has 2 aliphatic rings. The minimum Gasteiger partial charge on any atom is -0.361 e. The van der Waals surface area contributed by atoms with E-state index in [1.165, 1.54) is 11.1 Å². The molecule has 1 aliphatic carbocycles. The smallest absolute Gasteiger partial charge is 0.226 e. The fourth-order valence-electron chi connectivity index (χ4n) is 4.09. The molecule has 0 aromatic carbocycles. The summed E-state index contributed by atoms with van der Waals surface area (Å²) in [5.41, 5.74) is 3.56. The molecule has 0 radical (unpaired) electrons. The Hall–Kier alpha value is -1.62. The molecule has 2 fully saturated rings. The van der Waals surface area contributed by atoms with E-state index < -0.39 is 0 Å². The van der Waals surface area contributed by atoms with E-state index in [-0.39, 0.29) is 11.3 Å². The molecule has 2 heterocycles. The summed E-state index contributed by atoms with van der Waals surface area (Å²) in [6.07, 6.45) is 2.27. The lowest BCUT2D eigenvalue weighted by Crippen LogP contribution is -2.49. The number of allylic oxidation sites excluding steroid dienone is 2. The predicted molar refractivity (Wildman–Crippen MR) is 98.0 cm³/mol. The van der Waals surface area contributed by atoms with Gasteiger partial charge in [0.25, 0.3) is 0 Å². The van der Waals surface area contributed by atoms with E-state index in [1.54, 1.807) is 0 Å². The quantitative estimate of drug-likeness (QED) is 0.787. The van der Waals surface area contributed by atoms with Gasteiger partial charge in [0.2, 0.25) is 5.91 Å². The average Bonchev–Trinajstić information content (AvgIpc) is 2.93. The van der Waals surface area contributed by atoms with Crippen molar-refractivity contribution in [3.05, 3.63) is 28.7 Å². The molecule has 25 heavy (non-hydrogen) atoms. The van der Waals surface area contributed by atoms with E-state index in [0.29, 0.717) is 11.8 Å². The number of nitrogens with zero attached hydrogens (tertiary/aromatic N) is 3. The second-order valence-corrected chi connectivity index (χ2v) is 8.47. The molecule has 5 heteroatoms. The number of carbonyl (C=O) groups excluding carboxylic acids is 1. The maximum absolute atomic E-state index is 13.0. The van der Waals surface area contributed by atoms with Crippen LogP contribution in [-0.4, -0.2) is 47.0 Å². The SMILES string of the molecule is CC(C)=C[C@@H]1[C@@H](C(=O)N2CCN(Cc3c(C)noc3C)CC2)C1(C)C. The molecule has 1 aromatic rings. The summed E-state index contributed by atoms with van der Waals surface area (Å²) in [7, 11) is 0. The van der Waals surface area contributed by atoms with Crippen LogP contribution in [0.1, 0.15) is 44.7 Å². The van der Waals surface area contributed by atoms with Crippen LogP contribution < -0.4 is 0 Å². The van der Waals surface area contributed by atoms with Gasteiger partial charge in [-0.2, -0.15) is 0 Å². The van der Waals surface area contributed by atoms with Gasteiger partial charge in [-0.15, -0.1) is 0 Å². The van der Waals surface area contributed by atoms with E-state index in [4.69, 9.17) is 4.52 Å². The molecule has 2 atom stereocenters. The molecule has 5 nitrogen and oxygen atoms in total.